The molecule has 3 nitrogen and oxygen atoms in total. The van der Waals surface area contributed by atoms with Gasteiger partial charge in [-0.25, -0.2) is 4.39 Å². The van der Waals surface area contributed by atoms with E-state index in [1.165, 1.54) is 18.2 Å². The second kappa shape index (κ2) is 6.79. The molecule has 1 unspecified atom stereocenters. The number of halogens is 1. The number of rotatable bonds is 4. The Bertz CT molecular complexity index is 517. The fourth-order valence-electron chi connectivity index (χ4n) is 2.84. The quantitative estimate of drug-likeness (QED) is 0.834. The van der Waals surface area contributed by atoms with Crippen LogP contribution in [0.5, 0.6) is 0 Å². The summed E-state index contributed by atoms with van der Waals surface area (Å²) < 4.78 is 19.6. The lowest BCUT2D eigenvalue weighted by Gasteiger charge is -2.40. The molecule has 0 bridgehead atoms. The number of ether oxygens (including phenoxy) is 1. The van der Waals surface area contributed by atoms with Gasteiger partial charge in [0.2, 0.25) is 0 Å². The van der Waals surface area contributed by atoms with Crippen molar-refractivity contribution in [2.24, 2.45) is 0 Å². The molecule has 1 N–H and O–H groups in total. The van der Waals surface area contributed by atoms with Gasteiger partial charge < -0.3 is 10.1 Å². The van der Waals surface area contributed by atoms with E-state index < -0.39 is 5.82 Å². The zero-order chi connectivity index (χ0) is 15.5. The molecular formula is C16H22FNO2S. The summed E-state index contributed by atoms with van der Waals surface area (Å²) in [5, 5.41) is 2.93. The van der Waals surface area contributed by atoms with Crippen molar-refractivity contribution in [2.75, 3.05) is 6.61 Å². The first-order chi connectivity index (χ1) is 9.99. The number of carbonyl (C=O) groups is 1. The molecular weight excluding hydrogens is 289 g/mol. The van der Waals surface area contributed by atoms with Crippen LogP contribution >= 0.6 is 12.6 Å². The molecule has 0 aromatic heterocycles. The molecule has 5 heteroatoms. The highest BCUT2D eigenvalue weighted by molar-refractivity contribution is 7.80. The molecule has 1 saturated heterocycles. The van der Waals surface area contributed by atoms with Gasteiger partial charge in [-0.1, -0.05) is 13.8 Å². The van der Waals surface area contributed by atoms with Gasteiger partial charge in [0, 0.05) is 17.5 Å². The highest BCUT2D eigenvalue weighted by Crippen LogP contribution is 2.31. The van der Waals surface area contributed by atoms with Crippen molar-refractivity contribution in [1.82, 2.24) is 5.32 Å². The number of benzene rings is 1. The van der Waals surface area contributed by atoms with Crippen LogP contribution in [-0.4, -0.2) is 24.2 Å². The lowest BCUT2D eigenvalue weighted by atomic mass is 9.86. The minimum atomic E-state index is -0.519. The summed E-state index contributed by atoms with van der Waals surface area (Å²) in [6, 6.07) is 4.28. The second-order valence-corrected chi connectivity index (χ2v) is 6.08. The molecule has 1 heterocycles. The van der Waals surface area contributed by atoms with Crippen LogP contribution in [0.3, 0.4) is 0 Å². The maximum Gasteiger partial charge on any atom is 0.254 e. The molecule has 0 radical (unpaired) electrons. The Morgan fingerprint density at radius 1 is 1.48 bits per heavy atom. The van der Waals surface area contributed by atoms with E-state index >= 15 is 0 Å². The first-order valence-corrected chi connectivity index (χ1v) is 7.87. The number of hydrogen-bond acceptors (Lipinski definition) is 3. The molecule has 1 atom stereocenters. The minimum absolute atomic E-state index is 0.0223. The summed E-state index contributed by atoms with van der Waals surface area (Å²) in [4.78, 5) is 12.8. The number of hydrogen-bond donors (Lipinski definition) is 2. The average molecular weight is 311 g/mol. The number of carbonyl (C=O) groups excluding carboxylic acids is 1. The van der Waals surface area contributed by atoms with Gasteiger partial charge in [0.25, 0.3) is 5.91 Å². The van der Waals surface area contributed by atoms with Crippen molar-refractivity contribution in [3.63, 3.8) is 0 Å². The largest absolute Gasteiger partial charge is 0.375 e. The van der Waals surface area contributed by atoms with Gasteiger partial charge in [0.05, 0.1) is 11.2 Å². The third kappa shape index (κ3) is 3.77. The fraction of sp³-hybridized carbons (Fsp3) is 0.562. The highest BCUT2D eigenvalue weighted by atomic mass is 32.1. The average Bonchev–Trinajstić information content (AvgIpc) is 2.49. The van der Waals surface area contributed by atoms with Gasteiger partial charge in [-0.3, -0.25) is 4.79 Å². The van der Waals surface area contributed by atoms with Gasteiger partial charge in [0.1, 0.15) is 5.82 Å². The maximum absolute atomic E-state index is 13.7. The smallest absolute Gasteiger partial charge is 0.254 e. The van der Waals surface area contributed by atoms with Crippen LogP contribution in [0.4, 0.5) is 4.39 Å². The van der Waals surface area contributed by atoms with Crippen LogP contribution in [0.25, 0.3) is 0 Å². The van der Waals surface area contributed by atoms with Gasteiger partial charge >= 0.3 is 0 Å². The lowest BCUT2D eigenvalue weighted by Crippen LogP contribution is -2.48. The van der Waals surface area contributed by atoms with Crippen LogP contribution in [0.1, 0.15) is 49.9 Å². The zero-order valence-electron chi connectivity index (χ0n) is 12.5. The summed E-state index contributed by atoms with van der Waals surface area (Å²) in [5.74, 6) is -0.897. The highest BCUT2D eigenvalue weighted by Gasteiger charge is 2.35. The van der Waals surface area contributed by atoms with E-state index in [-0.39, 0.29) is 23.1 Å². The monoisotopic (exact) mass is 311 g/mol. The van der Waals surface area contributed by atoms with E-state index in [9.17, 15) is 9.18 Å². The van der Waals surface area contributed by atoms with E-state index in [1.54, 1.807) is 0 Å². The normalized spacial score (nSPS) is 21.0. The minimum Gasteiger partial charge on any atom is -0.375 e. The molecule has 21 heavy (non-hydrogen) atoms. The standard InChI is InChI=1S/C16H22FNO2S/c1-3-16(4-2)10-11(7-8-20-16)18-15(19)13-9-12(21)5-6-14(13)17/h5-6,9,11,21H,3-4,7-8,10H2,1-2H3,(H,18,19). The van der Waals surface area contributed by atoms with Crippen molar-refractivity contribution >= 4 is 18.5 Å². The molecule has 0 aliphatic carbocycles. The molecule has 1 fully saturated rings. The second-order valence-electron chi connectivity index (χ2n) is 5.57. The summed E-state index contributed by atoms with van der Waals surface area (Å²) in [7, 11) is 0. The molecule has 1 aliphatic heterocycles. The number of thiol groups is 1. The lowest BCUT2D eigenvalue weighted by molar-refractivity contribution is -0.0917. The third-order valence-electron chi connectivity index (χ3n) is 4.31. The van der Waals surface area contributed by atoms with Gasteiger partial charge in [-0.15, -0.1) is 12.6 Å². The first kappa shape index (κ1) is 16.3. The molecule has 0 saturated carbocycles. The topological polar surface area (TPSA) is 38.3 Å². The Morgan fingerprint density at radius 2 is 2.19 bits per heavy atom. The SMILES string of the molecule is CCC1(CC)CC(NC(=O)c2cc(S)ccc2F)CCO1. The van der Waals surface area contributed by atoms with E-state index in [0.717, 1.165) is 25.7 Å². The Labute approximate surface area is 130 Å². The predicted octanol–water partition coefficient (Wildman–Crippen LogP) is 3.58. The molecule has 2 rings (SSSR count). The Hall–Kier alpha value is -1.07. The summed E-state index contributed by atoms with van der Waals surface area (Å²) in [6.45, 7) is 4.82. The number of amides is 1. The van der Waals surface area contributed by atoms with E-state index in [2.05, 4.69) is 31.8 Å². The van der Waals surface area contributed by atoms with Crippen molar-refractivity contribution in [3.05, 3.63) is 29.6 Å². The number of nitrogens with one attached hydrogen (secondary N) is 1. The van der Waals surface area contributed by atoms with Crippen molar-refractivity contribution in [2.45, 2.75) is 56.1 Å². The van der Waals surface area contributed by atoms with Crippen LogP contribution < -0.4 is 5.32 Å². The van der Waals surface area contributed by atoms with Gasteiger partial charge in [-0.05, 0) is 43.9 Å². The van der Waals surface area contributed by atoms with Crippen molar-refractivity contribution in [1.29, 1.82) is 0 Å². The molecule has 1 aliphatic rings. The van der Waals surface area contributed by atoms with Crippen LogP contribution in [0.2, 0.25) is 0 Å². The maximum atomic E-state index is 13.7. The molecule has 1 amide bonds. The Balaban J connectivity index is 2.07. The van der Waals surface area contributed by atoms with Crippen molar-refractivity contribution in [3.8, 4) is 0 Å². The molecule has 0 spiro atoms. The van der Waals surface area contributed by atoms with Gasteiger partial charge in [-0.2, -0.15) is 0 Å². The Kier molecular flexibility index (Phi) is 5.27. The molecule has 1 aromatic rings. The van der Waals surface area contributed by atoms with E-state index in [4.69, 9.17) is 4.74 Å². The zero-order valence-corrected chi connectivity index (χ0v) is 13.4. The molecule has 1 aromatic carbocycles. The Morgan fingerprint density at radius 3 is 2.86 bits per heavy atom. The first-order valence-electron chi connectivity index (χ1n) is 7.43. The van der Waals surface area contributed by atoms with Gasteiger partial charge in [0.15, 0.2) is 0 Å². The summed E-state index contributed by atoms with van der Waals surface area (Å²) in [6.07, 6.45) is 3.36. The van der Waals surface area contributed by atoms with Crippen LogP contribution in [0.15, 0.2) is 23.1 Å². The van der Waals surface area contributed by atoms with Crippen LogP contribution in [0, 0.1) is 5.82 Å². The van der Waals surface area contributed by atoms with E-state index in [0.29, 0.717) is 11.5 Å². The summed E-state index contributed by atoms with van der Waals surface area (Å²) >= 11 is 4.15. The van der Waals surface area contributed by atoms with Crippen LogP contribution in [-0.2, 0) is 4.74 Å². The molecule has 116 valence electrons. The third-order valence-corrected chi connectivity index (χ3v) is 4.59. The van der Waals surface area contributed by atoms with Crippen molar-refractivity contribution < 1.29 is 13.9 Å². The summed E-state index contributed by atoms with van der Waals surface area (Å²) in [5.41, 5.74) is -0.118. The predicted molar refractivity (Wildman–Crippen MR) is 83.4 cm³/mol. The van der Waals surface area contributed by atoms with E-state index in [1.807, 2.05) is 0 Å². The fourth-order valence-corrected chi connectivity index (χ4v) is 3.05.